The van der Waals surface area contributed by atoms with Crippen LogP contribution in [0.2, 0.25) is 0 Å². The van der Waals surface area contributed by atoms with Gasteiger partial charge in [0, 0.05) is 0 Å². The molecule has 0 unspecified atom stereocenters. The van der Waals surface area contributed by atoms with Crippen LogP contribution < -0.4 is 5.73 Å². The lowest BCUT2D eigenvalue weighted by atomic mass is 10.2. The van der Waals surface area contributed by atoms with Crippen molar-refractivity contribution < 1.29 is 9.53 Å². The average molecular weight is 165 g/mol. The summed E-state index contributed by atoms with van der Waals surface area (Å²) in [5, 5.41) is 0. The minimum Gasteiger partial charge on any atom is -0.468 e. The van der Waals surface area contributed by atoms with Gasteiger partial charge in [-0.25, -0.2) is 0 Å². The largest absolute Gasteiger partial charge is 0.468 e. The average Bonchev–Trinajstić information content (AvgIpc) is 1.98. The molecular weight excluding hydrogens is 152 g/mol. The summed E-state index contributed by atoms with van der Waals surface area (Å²) in [7, 11) is 1.35. The van der Waals surface area contributed by atoms with Crippen LogP contribution in [0, 0.1) is 0 Å². The number of methoxy groups -OCH3 is 1. The number of esters is 1. The Kier molecular flexibility index (Phi) is 5.43. The minimum absolute atomic E-state index is 0.325. The van der Waals surface area contributed by atoms with E-state index in [4.69, 9.17) is 5.73 Å². The van der Waals surface area contributed by atoms with E-state index < -0.39 is 6.04 Å². The number of thioether (sulfide) groups is 1. The zero-order chi connectivity index (χ0) is 7.98. The molecule has 0 aromatic rings. The Morgan fingerprint density at radius 3 is 2.90 bits per heavy atom. The summed E-state index contributed by atoms with van der Waals surface area (Å²) >= 11 is 1.67. The van der Waals surface area contributed by atoms with E-state index in [1.54, 1.807) is 11.8 Å². The molecule has 0 radical (unpaired) electrons. The minimum atomic E-state index is -0.447. The van der Waals surface area contributed by atoms with Crippen LogP contribution in [0.25, 0.3) is 0 Å². The Labute approximate surface area is 65.3 Å². The van der Waals surface area contributed by atoms with Crippen molar-refractivity contribution in [3.8, 4) is 0 Å². The van der Waals surface area contributed by atoms with Gasteiger partial charge in [-0.3, -0.25) is 4.79 Å². The van der Waals surface area contributed by atoms with Gasteiger partial charge in [0.05, 0.1) is 7.11 Å². The molecule has 1 atom stereocenters. The molecule has 0 aliphatic rings. The molecule has 0 aromatic heterocycles. The molecule has 0 saturated heterocycles. The fraction of sp³-hybridized carbons (Fsp3) is 0.833. The Hall–Kier alpha value is -0.220. The lowest BCUT2D eigenvalue weighted by Crippen LogP contribution is -2.31. The van der Waals surface area contributed by atoms with Crippen molar-refractivity contribution in [2.24, 2.45) is 5.73 Å². The maximum Gasteiger partial charge on any atom is 0.322 e. The van der Waals surface area contributed by atoms with Gasteiger partial charge < -0.3 is 10.5 Å². The van der Waals surface area contributed by atoms with E-state index in [9.17, 15) is 4.79 Å². The number of ether oxygens (including phenoxy) is 1. The Morgan fingerprint density at radius 1 is 1.90 bits per heavy atom. The smallest absolute Gasteiger partial charge is 0.322 e. The van der Waals surface area contributed by atoms with E-state index in [-0.39, 0.29) is 5.97 Å². The van der Waals surface area contributed by atoms with Crippen LogP contribution in [0.15, 0.2) is 0 Å². The summed E-state index contributed by atoms with van der Waals surface area (Å²) in [4.78, 5) is 10.7. The van der Waals surface area contributed by atoms with Crippen LogP contribution in [0.4, 0.5) is 0 Å². The third kappa shape index (κ3) is 3.74. The number of carbonyl (C=O) groups excluding carboxylic acids is 1. The topological polar surface area (TPSA) is 52.3 Å². The summed E-state index contributed by atoms with van der Waals surface area (Å²) in [5.41, 5.74) is 5.43. The monoisotopic (exact) mass is 165 g/mol. The van der Waals surface area contributed by atoms with Crippen LogP contribution in [-0.2, 0) is 9.53 Å². The van der Waals surface area contributed by atoms with Crippen LogP contribution in [-0.4, -0.2) is 31.1 Å². The van der Waals surface area contributed by atoms with Crippen molar-refractivity contribution >= 4 is 17.7 Å². The highest BCUT2D eigenvalue weighted by atomic mass is 32.2. The van der Waals surface area contributed by atoms with Gasteiger partial charge in [0.25, 0.3) is 0 Å². The van der Waals surface area contributed by atoms with E-state index in [0.29, 0.717) is 6.42 Å². The van der Waals surface area contributed by atoms with Crippen molar-refractivity contribution in [1.29, 1.82) is 0 Å². The normalized spacial score (nSPS) is 12.7. The van der Waals surface area contributed by atoms with E-state index in [2.05, 4.69) is 4.74 Å². The van der Waals surface area contributed by atoms with Crippen molar-refractivity contribution in [2.75, 3.05) is 19.1 Å². The second kappa shape index (κ2) is 5.56. The third-order valence-electron chi connectivity index (χ3n) is 1.14. The molecule has 0 bridgehead atoms. The van der Waals surface area contributed by atoms with Gasteiger partial charge in [0.2, 0.25) is 0 Å². The number of carbonyl (C=O) groups is 1. The zero-order valence-electron chi connectivity index (χ0n) is 6.29. The maximum absolute atomic E-state index is 10.7. The number of nitrogens with two attached hydrogens (primary N) is 1. The number of hydrogen-bond donors (Lipinski definition) is 1. The van der Waals surface area contributed by atoms with Gasteiger partial charge in [-0.1, -0.05) is 0 Å². The van der Waals surface area contributed by atoms with E-state index >= 15 is 0 Å². The van der Waals surface area contributed by atoms with Crippen molar-refractivity contribution in [2.45, 2.75) is 12.5 Å². The Morgan fingerprint density at radius 2 is 2.50 bits per heavy atom. The molecule has 60 valence electrons. The lowest BCUT2D eigenvalue weighted by Gasteiger charge is -2.06. The highest BCUT2D eigenvalue weighted by Gasteiger charge is 2.11. The van der Waals surface area contributed by atoms with Crippen molar-refractivity contribution in [3.05, 3.63) is 0 Å². The summed E-state index contributed by atoms with van der Waals surface area (Å²) in [6.07, 6.45) is 2.66. The molecule has 0 aromatic carbocycles. The standard InChI is InChI=1S/C6H13NO2S/c1-9-6(8)5(7)3-4-10-2/h5H,3-4,7H2,1-2H3/t5-/m0/s1/i1+2. The third-order valence-corrected chi connectivity index (χ3v) is 1.78. The molecule has 0 amide bonds. The summed E-state index contributed by atoms with van der Waals surface area (Å²) in [6, 6.07) is -0.447. The Bertz CT molecular complexity index is 108. The van der Waals surface area contributed by atoms with E-state index in [1.807, 2.05) is 6.26 Å². The molecule has 0 saturated carbocycles. The van der Waals surface area contributed by atoms with Gasteiger partial charge in [-0.15, -0.1) is 0 Å². The molecule has 10 heavy (non-hydrogen) atoms. The lowest BCUT2D eigenvalue weighted by molar-refractivity contribution is -0.142. The van der Waals surface area contributed by atoms with Crippen LogP contribution in [0.5, 0.6) is 0 Å². The van der Waals surface area contributed by atoms with E-state index in [1.165, 1.54) is 7.11 Å². The van der Waals surface area contributed by atoms with Gasteiger partial charge in [0.1, 0.15) is 6.04 Å². The number of hydrogen-bond acceptors (Lipinski definition) is 4. The SMILES string of the molecule is CSCC[C@H](N)C(=O)O[14CH3]. The Balaban J connectivity index is 3.41. The van der Waals surface area contributed by atoms with E-state index in [0.717, 1.165) is 5.75 Å². The molecule has 0 heterocycles. The van der Waals surface area contributed by atoms with Gasteiger partial charge in [-0.05, 0) is 18.4 Å². The van der Waals surface area contributed by atoms with Crippen LogP contribution in [0.3, 0.4) is 0 Å². The first-order valence-electron chi connectivity index (χ1n) is 3.04. The summed E-state index contributed by atoms with van der Waals surface area (Å²) in [6.45, 7) is 0. The molecule has 0 aliphatic heterocycles. The predicted molar refractivity (Wildman–Crippen MR) is 43.0 cm³/mol. The van der Waals surface area contributed by atoms with Crippen LogP contribution in [0.1, 0.15) is 6.42 Å². The fourth-order valence-corrected chi connectivity index (χ4v) is 1.00. The molecule has 0 aliphatic carbocycles. The van der Waals surface area contributed by atoms with Crippen molar-refractivity contribution in [3.63, 3.8) is 0 Å². The van der Waals surface area contributed by atoms with Gasteiger partial charge in [0.15, 0.2) is 0 Å². The fourth-order valence-electron chi connectivity index (χ4n) is 0.514. The molecule has 0 rings (SSSR count). The highest BCUT2D eigenvalue weighted by Crippen LogP contribution is 1.99. The molecular formula is C6H13NO2S. The van der Waals surface area contributed by atoms with Gasteiger partial charge in [-0.2, -0.15) is 11.8 Å². The van der Waals surface area contributed by atoms with Crippen LogP contribution >= 0.6 is 11.8 Å². The second-order valence-electron chi connectivity index (χ2n) is 1.91. The summed E-state index contributed by atoms with van der Waals surface area (Å²) < 4.78 is 4.44. The number of rotatable bonds is 4. The first-order chi connectivity index (χ1) is 4.72. The first kappa shape index (κ1) is 9.78. The van der Waals surface area contributed by atoms with Crippen molar-refractivity contribution in [1.82, 2.24) is 0 Å². The maximum atomic E-state index is 10.7. The molecule has 0 spiro atoms. The highest BCUT2D eigenvalue weighted by molar-refractivity contribution is 7.98. The zero-order valence-corrected chi connectivity index (χ0v) is 7.11. The molecule has 0 fully saturated rings. The quantitative estimate of drug-likeness (QED) is 0.606. The molecule has 2 N–H and O–H groups in total. The molecule has 4 heteroatoms. The van der Waals surface area contributed by atoms with Gasteiger partial charge >= 0.3 is 5.97 Å². The predicted octanol–water partition coefficient (Wildman–Crippen LogP) is 0.240. The first-order valence-corrected chi connectivity index (χ1v) is 4.44. The second-order valence-corrected chi connectivity index (χ2v) is 2.90. The summed E-state index contributed by atoms with van der Waals surface area (Å²) in [5.74, 6) is 0.574. The molecule has 3 nitrogen and oxygen atoms in total.